The van der Waals surface area contributed by atoms with Crippen LogP contribution >= 0.6 is 0 Å². The summed E-state index contributed by atoms with van der Waals surface area (Å²) in [7, 11) is 4.91. The second kappa shape index (κ2) is 8.62. The Bertz CT molecular complexity index is 628. The Morgan fingerprint density at radius 2 is 1.81 bits per heavy atom. The van der Waals surface area contributed by atoms with Gasteiger partial charge < -0.3 is 24.0 Å². The number of methoxy groups -OCH3 is 3. The zero-order chi connectivity index (χ0) is 18.5. The van der Waals surface area contributed by atoms with E-state index in [1.807, 2.05) is 12.1 Å². The minimum Gasteiger partial charge on any atom is -0.493 e. The average molecular weight is 363 g/mol. The third-order valence-electron chi connectivity index (χ3n) is 5.61. The Kier molecular flexibility index (Phi) is 6.25. The molecule has 0 aliphatic carbocycles. The van der Waals surface area contributed by atoms with Crippen molar-refractivity contribution in [2.45, 2.75) is 32.2 Å². The number of nitrogens with one attached hydrogen (secondary N) is 1. The quantitative estimate of drug-likeness (QED) is 0.823. The van der Waals surface area contributed by atoms with Crippen LogP contribution in [0.3, 0.4) is 0 Å². The van der Waals surface area contributed by atoms with E-state index in [-0.39, 0.29) is 5.92 Å². The maximum atomic E-state index is 12.8. The van der Waals surface area contributed by atoms with E-state index in [4.69, 9.17) is 14.2 Å². The third-order valence-corrected chi connectivity index (χ3v) is 5.61. The highest BCUT2D eigenvalue weighted by atomic mass is 16.5. The van der Waals surface area contributed by atoms with Gasteiger partial charge in [0, 0.05) is 13.1 Å². The smallest absolute Gasteiger partial charge is 0.231 e. The van der Waals surface area contributed by atoms with Gasteiger partial charge in [-0.1, -0.05) is 0 Å². The zero-order valence-corrected chi connectivity index (χ0v) is 16.2. The van der Waals surface area contributed by atoms with Gasteiger partial charge in [-0.2, -0.15) is 0 Å². The van der Waals surface area contributed by atoms with E-state index in [0.717, 1.165) is 69.7 Å². The van der Waals surface area contributed by atoms with E-state index in [2.05, 4.69) is 4.90 Å². The van der Waals surface area contributed by atoms with Crippen LogP contribution in [0.1, 0.15) is 31.2 Å². The van der Waals surface area contributed by atoms with Crippen LogP contribution in [-0.2, 0) is 11.3 Å². The Labute approximate surface area is 156 Å². The Morgan fingerprint density at radius 3 is 2.46 bits per heavy atom. The first-order valence-corrected chi connectivity index (χ1v) is 9.58. The second-order valence-corrected chi connectivity index (χ2v) is 7.25. The third kappa shape index (κ3) is 3.90. The molecule has 1 unspecified atom stereocenters. The van der Waals surface area contributed by atoms with Crippen LogP contribution in [0.4, 0.5) is 0 Å². The predicted molar refractivity (Wildman–Crippen MR) is 99.0 cm³/mol. The van der Waals surface area contributed by atoms with E-state index in [9.17, 15) is 4.79 Å². The summed E-state index contributed by atoms with van der Waals surface area (Å²) in [4.78, 5) is 16.2. The van der Waals surface area contributed by atoms with Gasteiger partial charge in [-0.3, -0.25) is 4.79 Å². The minimum atomic E-state index is 0.156. The maximum Gasteiger partial charge on any atom is 0.231 e. The van der Waals surface area contributed by atoms with Gasteiger partial charge in [0.15, 0.2) is 11.5 Å². The summed E-state index contributed by atoms with van der Waals surface area (Å²) in [6.07, 6.45) is 4.41. The Morgan fingerprint density at radius 1 is 1.08 bits per heavy atom. The van der Waals surface area contributed by atoms with Crippen LogP contribution in [0.15, 0.2) is 12.1 Å². The van der Waals surface area contributed by atoms with E-state index in [1.165, 1.54) is 4.90 Å². The zero-order valence-electron chi connectivity index (χ0n) is 16.2. The Balaban J connectivity index is 1.71. The van der Waals surface area contributed by atoms with Gasteiger partial charge in [-0.15, -0.1) is 0 Å². The fourth-order valence-electron chi connectivity index (χ4n) is 4.29. The topological polar surface area (TPSA) is 52.4 Å². The molecule has 0 bridgehead atoms. The van der Waals surface area contributed by atoms with E-state index >= 15 is 0 Å². The number of rotatable bonds is 6. The molecule has 1 aromatic carbocycles. The second-order valence-electron chi connectivity index (χ2n) is 7.25. The first-order chi connectivity index (χ1) is 12.7. The summed E-state index contributed by atoms with van der Waals surface area (Å²) in [5.41, 5.74) is 1.09. The minimum absolute atomic E-state index is 0.156. The van der Waals surface area contributed by atoms with Gasteiger partial charge in [0.05, 0.1) is 45.9 Å². The number of carbonyl (C=O) groups is 1. The molecule has 2 atom stereocenters. The number of quaternary nitrogens is 1. The SMILES string of the molecule is COc1ccc(C[NH+]2CCC[C@H](C(=O)N3CCCC3)C2)c(OC)c1OC. The van der Waals surface area contributed by atoms with E-state index < -0.39 is 0 Å². The van der Waals surface area contributed by atoms with Crippen molar-refractivity contribution >= 4 is 5.91 Å². The number of nitrogens with zero attached hydrogens (tertiary/aromatic N) is 1. The van der Waals surface area contributed by atoms with Crippen molar-refractivity contribution in [2.75, 3.05) is 47.5 Å². The summed E-state index contributed by atoms with van der Waals surface area (Å²) >= 11 is 0. The largest absolute Gasteiger partial charge is 0.493 e. The highest BCUT2D eigenvalue weighted by Crippen LogP contribution is 2.39. The molecule has 2 saturated heterocycles. The summed E-state index contributed by atoms with van der Waals surface area (Å²) in [5, 5.41) is 0. The van der Waals surface area contributed by atoms with Crippen molar-refractivity contribution < 1.29 is 23.9 Å². The number of likely N-dealkylation sites (tertiary alicyclic amines) is 2. The molecule has 1 N–H and O–H groups in total. The average Bonchev–Trinajstić information content (AvgIpc) is 3.21. The molecule has 2 heterocycles. The first-order valence-electron chi connectivity index (χ1n) is 9.58. The summed E-state index contributed by atoms with van der Waals surface area (Å²) < 4.78 is 16.5. The number of amides is 1. The van der Waals surface area contributed by atoms with Crippen molar-refractivity contribution in [3.63, 3.8) is 0 Å². The van der Waals surface area contributed by atoms with Gasteiger partial charge in [0.25, 0.3) is 0 Å². The number of ether oxygens (including phenoxy) is 3. The van der Waals surface area contributed by atoms with Gasteiger partial charge >= 0.3 is 0 Å². The normalized spacial score (nSPS) is 23.0. The molecule has 0 saturated carbocycles. The molecule has 1 amide bonds. The molecule has 3 rings (SSSR count). The molecule has 0 spiro atoms. The van der Waals surface area contributed by atoms with Gasteiger partial charge in [-0.05, 0) is 37.8 Å². The van der Waals surface area contributed by atoms with Crippen molar-refractivity contribution in [1.82, 2.24) is 4.90 Å². The summed E-state index contributed by atoms with van der Waals surface area (Å²) in [6, 6.07) is 3.96. The fraction of sp³-hybridized carbons (Fsp3) is 0.650. The predicted octanol–water partition coefficient (Wildman–Crippen LogP) is 1.13. The number of hydrogen-bond donors (Lipinski definition) is 1. The molecule has 26 heavy (non-hydrogen) atoms. The van der Waals surface area contributed by atoms with Crippen LogP contribution in [0.25, 0.3) is 0 Å². The van der Waals surface area contributed by atoms with Crippen LogP contribution < -0.4 is 19.1 Å². The van der Waals surface area contributed by atoms with Crippen LogP contribution in [-0.4, -0.2) is 58.3 Å². The lowest BCUT2D eigenvalue weighted by molar-refractivity contribution is -0.921. The molecular formula is C20H31N2O4+. The van der Waals surface area contributed by atoms with Gasteiger partial charge in [0.1, 0.15) is 6.54 Å². The van der Waals surface area contributed by atoms with Crippen molar-refractivity contribution in [1.29, 1.82) is 0 Å². The monoisotopic (exact) mass is 363 g/mol. The number of piperidine rings is 1. The molecule has 6 heteroatoms. The molecule has 0 radical (unpaired) electrons. The molecular weight excluding hydrogens is 332 g/mol. The molecule has 6 nitrogen and oxygen atoms in total. The Hall–Kier alpha value is -1.95. The number of benzene rings is 1. The maximum absolute atomic E-state index is 12.8. The summed E-state index contributed by atoms with van der Waals surface area (Å²) in [6.45, 7) is 4.68. The van der Waals surface area contributed by atoms with Gasteiger partial charge in [0.2, 0.25) is 11.7 Å². The van der Waals surface area contributed by atoms with E-state index in [1.54, 1.807) is 21.3 Å². The van der Waals surface area contributed by atoms with Crippen LogP contribution in [0.5, 0.6) is 17.2 Å². The van der Waals surface area contributed by atoms with Crippen molar-refractivity contribution in [3.05, 3.63) is 17.7 Å². The molecule has 144 valence electrons. The van der Waals surface area contributed by atoms with Crippen molar-refractivity contribution in [2.24, 2.45) is 5.92 Å². The summed E-state index contributed by atoms with van der Waals surface area (Å²) in [5.74, 6) is 2.55. The fourth-order valence-corrected chi connectivity index (χ4v) is 4.29. The van der Waals surface area contributed by atoms with E-state index in [0.29, 0.717) is 17.4 Å². The standard InChI is InChI=1S/C20H30N2O4/c1-24-17-9-8-15(18(25-2)19(17)26-3)13-21-10-6-7-16(14-21)20(23)22-11-4-5-12-22/h8-9,16H,4-7,10-14H2,1-3H3/p+1/t16-/m0/s1. The number of carbonyl (C=O) groups excluding carboxylic acids is 1. The lowest BCUT2D eigenvalue weighted by Crippen LogP contribution is -3.12. The molecule has 1 aromatic rings. The molecule has 2 fully saturated rings. The van der Waals surface area contributed by atoms with Crippen LogP contribution in [0, 0.1) is 5.92 Å². The molecule has 2 aliphatic heterocycles. The highest BCUT2D eigenvalue weighted by molar-refractivity contribution is 5.79. The molecule has 2 aliphatic rings. The molecule has 0 aromatic heterocycles. The van der Waals surface area contributed by atoms with Gasteiger partial charge in [-0.25, -0.2) is 0 Å². The lowest BCUT2D eigenvalue weighted by Gasteiger charge is -2.31. The van der Waals surface area contributed by atoms with Crippen LogP contribution in [0.2, 0.25) is 0 Å². The lowest BCUT2D eigenvalue weighted by atomic mass is 9.96. The van der Waals surface area contributed by atoms with Crippen molar-refractivity contribution in [3.8, 4) is 17.2 Å². The number of hydrogen-bond acceptors (Lipinski definition) is 4. The highest BCUT2D eigenvalue weighted by Gasteiger charge is 2.33. The first kappa shape index (κ1) is 18.8.